The van der Waals surface area contributed by atoms with Gasteiger partial charge in [0.05, 0.1) is 4.92 Å². The van der Waals surface area contributed by atoms with Gasteiger partial charge in [-0.25, -0.2) is 9.50 Å². The maximum absolute atomic E-state index is 10.9. The third-order valence-corrected chi connectivity index (χ3v) is 3.70. The molecule has 0 saturated heterocycles. The molecule has 7 heteroatoms. The first-order valence-electron chi connectivity index (χ1n) is 6.96. The number of pyridine rings is 1. The van der Waals surface area contributed by atoms with Crippen molar-refractivity contribution in [2.45, 2.75) is 18.8 Å². The molecule has 1 aliphatic carbocycles. The molecule has 1 aromatic carbocycles. The normalized spacial score (nSPS) is 14.2. The minimum absolute atomic E-state index is 0.0992. The third kappa shape index (κ3) is 2.26. The van der Waals surface area contributed by atoms with Crippen molar-refractivity contribution in [3.05, 3.63) is 58.5 Å². The smallest absolute Gasteiger partial charge is 0.269 e. The monoisotopic (exact) mass is 296 g/mol. The number of aromatic nitrogens is 3. The molecule has 2 heterocycles. The molecule has 7 nitrogen and oxygen atoms in total. The Balaban J connectivity index is 1.70. The Labute approximate surface area is 125 Å². The van der Waals surface area contributed by atoms with Crippen LogP contribution in [0.25, 0.3) is 5.65 Å². The van der Waals surface area contributed by atoms with Gasteiger partial charge in [-0.2, -0.15) is 5.10 Å². The van der Waals surface area contributed by atoms with Crippen LogP contribution in [0.15, 0.2) is 42.9 Å². The van der Waals surface area contributed by atoms with Crippen molar-refractivity contribution in [3.63, 3.8) is 0 Å². The highest BCUT2D eigenvalue weighted by atomic mass is 16.6. The summed E-state index contributed by atoms with van der Waals surface area (Å²) in [6, 6.07) is 8.32. The van der Waals surface area contributed by atoms with Gasteiger partial charge in [-0.05, 0) is 30.9 Å². The summed E-state index contributed by atoms with van der Waals surface area (Å²) in [6.45, 7) is 0. The van der Waals surface area contributed by atoms with Gasteiger partial charge >= 0.3 is 0 Å². The van der Waals surface area contributed by atoms with Gasteiger partial charge < -0.3 is 4.74 Å². The molecule has 0 unspecified atom stereocenters. The highest BCUT2D eigenvalue weighted by Gasteiger charge is 2.29. The molecule has 4 rings (SSSR count). The molecule has 22 heavy (non-hydrogen) atoms. The third-order valence-electron chi connectivity index (χ3n) is 3.70. The van der Waals surface area contributed by atoms with Crippen molar-refractivity contribution in [2.24, 2.45) is 0 Å². The van der Waals surface area contributed by atoms with Crippen LogP contribution >= 0.6 is 0 Å². The second-order valence-electron chi connectivity index (χ2n) is 5.28. The summed E-state index contributed by atoms with van der Waals surface area (Å²) < 4.78 is 7.56. The molecule has 2 aromatic heterocycles. The fourth-order valence-electron chi connectivity index (χ4n) is 2.44. The highest BCUT2D eigenvalue weighted by molar-refractivity contribution is 5.50. The van der Waals surface area contributed by atoms with E-state index in [9.17, 15) is 10.1 Å². The van der Waals surface area contributed by atoms with E-state index < -0.39 is 0 Å². The van der Waals surface area contributed by atoms with Gasteiger partial charge in [0, 0.05) is 30.0 Å². The average molecular weight is 296 g/mol. The lowest BCUT2D eigenvalue weighted by molar-refractivity contribution is -0.384. The maximum atomic E-state index is 10.9. The van der Waals surface area contributed by atoms with Crippen LogP contribution in [0, 0.1) is 10.1 Å². The first-order chi connectivity index (χ1) is 10.7. The fourth-order valence-corrected chi connectivity index (χ4v) is 2.44. The number of rotatable bonds is 4. The number of fused-ring (bicyclic) bond motifs is 1. The largest absolute Gasteiger partial charge is 0.457 e. The molecule has 0 bridgehead atoms. The molecule has 3 aromatic rings. The molecular formula is C15H12N4O3. The number of nitro groups is 1. The number of nitro benzene ring substituents is 1. The Kier molecular flexibility index (Phi) is 2.78. The first kappa shape index (κ1) is 12.8. The minimum Gasteiger partial charge on any atom is -0.457 e. The van der Waals surface area contributed by atoms with Crippen LogP contribution in [-0.2, 0) is 0 Å². The zero-order valence-electron chi connectivity index (χ0n) is 11.5. The molecule has 1 aliphatic rings. The second-order valence-corrected chi connectivity index (χ2v) is 5.28. The van der Waals surface area contributed by atoms with E-state index in [1.807, 2.05) is 0 Å². The standard InChI is InChI=1S/C15H12N4O3/c20-19(21)11-3-4-14(13(7-11)10-1-2-10)22-12-5-6-18-15(8-12)16-9-17-18/h3-10H,1-2H2. The molecule has 0 aliphatic heterocycles. The van der Waals surface area contributed by atoms with Crippen molar-refractivity contribution < 1.29 is 9.66 Å². The number of benzene rings is 1. The summed E-state index contributed by atoms with van der Waals surface area (Å²) >= 11 is 0. The topological polar surface area (TPSA) is 82.6 Å². The summed E-state index contributed by atoms with van der Waals surface area (Å²) in [5, 5.41) is 15.0. The van der Waals surface area contributed by atoms with Gasteiger partial charge in [0.25, 0.3) is 5.69 Å². The van der Waals surface area contributed by atoms with Gasteiger partial charge in [0.2, 0.25) is 0 Å². The number of non-ortho nitro benzene ring substituents is 1. The predicted octanol–water partition coefficient (Wildman–Crippen LogP) is 3.31. The van der Waals surface area contributed by atoms with E-state index in [2.05, 4.69) is 10.1 Å². The van der Waals surface area contributed by atoms with E-state index in [1.54, 1.807) is 35.0 Å². The average Bonchev–Trinajstić information content (AvgIpc) is 3.25. The molecule has 1 saturated carbocycles. The van der Waals surface area contributed by atoms with Crippen LogP contribution in [-0.4, -0.2) is 19.5 Å². The van der Waals surface area contributed by atoms with Crippen LogP contribution < -0.4 is 4.74 Å². The van der Waals surface area contributed by atoms with Gasteiger partial charge in [0.1, 0.15) is 17.8 Å². The molecule has 1 fully saturated rings. The summed E-state index contributed by atoms with van der Waals surface area (Å²) in [5.41, 5.74) is 1.69. The molecule has 0 radical (unpaired) electrons. The zero-order valence-corrected chi connectivity index (χ0v) is 11.5. The fraction of sp³-hybridized carbons (Fsp3) is 0.200. The molecule has 0 atom stereocenters. The number of hydrogen-bond acceptors (Lipinski definition) is 5. The number of hydrogen-bond donors (Lipinski definition) is 0. The highest BCUT2D eigenvalue weighted by Crippen LogP contribution is 2.46. The lowest BCUT2D eigenvalue weighted by atomic mass is 10.1. The second kappa shape index (κ2) is 4.80. The lowest BCUT2D eigenvalue weighted by Gasteiger charge is -2.10. The van der Waals surface area contributed by atoms with E-state index in [0.717, 1.165) is 18.4 Å². The molecule has 110 valence electrons. The SMILES string of the molecule is O=[N+]([O-])c1ccc(Oc2ccn3ncnc3c2)c(C2CC2)c1. The van der Waals surface area contributed by atoms with Crippen molar-refractivity contribution in [1.29, 1.82) is 0 Å². The quantitative estimate of drug-likeness (QED) is 0.545. The van der Waals surface area contributed by atoms with E-state index in [1.165, 1.54) is 12.4 Å². The minimum atomic E-state index is -0.377. The summed E-state index contributed by atoms with van der Waals surface area (Å²) in [7, 11) is 0. The van der Waals surface area contributed by atoms with Crippen LogP contribution in [0.3, 0.4) is 0 Å². The molecule has 0 spiro atoms. The molecule has 0 amide bonds. The predicted molar refractivity (Wildman–Crippen MR) is 78.1 cm³/mol. The molecular weight excluding hydrogens is 284 g/mol. The van der Waals surface area contributed by atoms with E-state index in [0.29, 0.717) is 23.1 Å². The van der Waals surface area contributed by atoms with Crippen LogP contribution in [0.2, 0.25) is 0 Å². The van der Waals surface area contributed by atoms with E-state index in [-0.39, 0.29) is 10.6 Å². The van der Waals surface area contributed by atoms with Crippen LogP contribution in [0.1, 0.15) is 24.3 Å². The van der Waals surface area contributed by atoms with Crippen molar-refractivity contribution in [1.82, 2.24) is 14.6 Å². The summed E-state index contributed by atoms with van der Waals surface area (Å²) in [4.78, 5) is 14.7. The number of ether oxygens (including phenoxy) is 1. The Hall–Kier alpha value is -2.96. The van der Waals surface area contributed by atoms with E-state index >= 15 is 0 Å². The van der Waals surface area contributed by atoms with E-state index in [4.69, 9.17) is 4.74 Å². The Morgan fingerprint density at radius 2 is 2.14 bits per heavy atom. The summed E-state index contributed by atoms with van der Waals surface area (Å²) in [5.74, 6) is 1.65. The Morgan fingerprint density at radius 1 is 1.27 bits per heavy atom. The van der Waals surface area contributed by atoms with Crippen LogP contribution in [0.5, 0.6) is 11.5 Å². The Morgan fingerprint density at radius 3 is 2.91 bits per heavy atom. The summed E-state index contributed by atoms with van der Waals surface area (Å²) in [6.07, 6.45) is 5.32. The molecule has 0 N–H and O–H groups in total. The van der Waals surface area contributed by atoms with Crippen LogP contribution in [0.4, 0.5) is 5.69 Å². The Bertz CT molecular complexity index is 870. The van der Waals surface area contributed by atoms with Crippen molar-refractivity contribution in [3.8, 4) is 11.5 Å². The van der Waals surface area contributed by atoms with Crippen molar-refractivity contribution >= 4 is 11.3 Å². The van der Waals surface area contributed by atoms with Gasteiger partial charge in [-0.15, -0.1) is 0 Å². The lowest BCUT2D eigenvalue weighted by Crippen LogP contribution is -1.95. The van der Waals surface area contributed by atoms with Gasteiger partial charge in [-0.3, -0.25) is 10.1 Å². The first-order valence-corrected chi connectivity index (χ1v) is 6.96. The van der Waals surface area contributed by atoms with Crippen molar-refractivity contribution in [2.75, 3.05) is 0 Å². The van der Waals surface area contributed by atoms with Gasteiger partial charge in [0.15, 0.2) is 5.65 Å². The number of nitrogens with zero attached hydrogens (tertiary/aromatic N) is 4. The zero-order chi connectivity index (χ0) is 15.1. The van der Waals surface area contributed by atoms with Gasteiger partial charge in [-0.1, -0.05) is 0 Å². The maximum Gasteiger partial charge on any atom is 0.269 e.